The van der Waals surface area contributed by atoms with Crippen molar-refractivity contribution < 1.29 is 18.1 Å². The van der Waals surface area contributed by atoms with Gasteiger partial charge in [0.25, 0.3) is 18.0 Å². The molecule has 0 bridgehead atoms. The van der Waals surface area contributed by atoms with E-state index in [0.717, 1.165) is 18.5 Å². The summed E-state index contributed by atoms with van der Waals surface area (Å²) in [5.41, 5.74) is 1.86. The molecule has 1 fully saturated rings. The first-order valence-electron chi connectivity index (χ1n) is 9.07. The molecule has 0 spiro atoms. The van der Waals surface area contributed by atoms with E-state index in [2.05, 4.69) is 20.1 Å². The summed E-state index contributed by atoms with van der Waals surface area (Å²) in [6.45, 7) is 4.37. The Labute approximate surface area is 159 Å². The molecule has 1 saturated heterocycles. The summed E-state index contributed by atoms with van der Waals surface area (Å²) in [5.74, 6) is -0.383. The average Bonchev–Trinajstić information content (AvgIpc) is 3.08. The standard InChI is InChI=1S/C19H19F2N5O2/c1-10-7-23-15(8-22-10)19(27)26-5-3-4-12(9-26)14-6-13(17(20)21)16-11(2)25-28-18(16)24-14/h6-8,12,17H,3-5,9H2,1-2H3/t12-/m0/s1. The lowest BCUT2D eigenvalue weighted by atomic mass is 9.92. The van der Waals surface area contributed by atoms with Crippen molar-refractivity contribution in [2.24, 2.45) is 0 Å². The Bertz CT molecular complexity index is 1020. The lowest BCUT2D eigenvalue weighted by molar-refractivity contribution is 0.0699. The van der Waals surface area contributed by atoms with Crippen LogP contribution in [0.2, 0.25) is 0 Å². The molecular formula is C19H19F2N5O2. The van der Waals surface area contributed by atoms with Gasteiger partial charge in [-0.2, -0.15) is 0 Å². The van der Waals surface area contributed by atoms with Crippen molar-refractivity contribution in [1.82, 2.24) is 25.0 Å². The molecular weight excluding hydrogens is 368 g/mol. The Balaban J connectivity index is 1.62. The van der Waals surface area contributed by atoms with Gasteiger partial charge in [-0.3, -0.25) is 9.78 Å². The van der Waals surface area contributed by atoms with Gasteiger partial charge in [0.05, 0.1) is 23.0 Å². The summed E-state index contributed by atoms with van der Waals surface area (Å²) in [7, 11) is 0. The molecule has 9 heteroatoms. The van der Waals surface area contributed by atoms with Crippen LogP contribution in [0.5, 0.6) is 0 Å². The number of halogens is 2. The highest BCUT2D eigenvalue weighted by Gasteiger charge is 2.29. The van der Waals surface area contributed by atoms with Crippen molar-refractivity contribution in [2.45, 2.75) is 39.0 Å². The Kier molecular flexibility index (Phi) is 4.74. The van der Waals surface area contributed by atoms with Crippen LogP contribution in [-0.2, 0) is 0 Å². The zero-order chi connectivity index (χ0) is 19.8. The number of pyridine rings is 1. The molecule has 0 saturated carbocycles. The number of carbonyl (C=O) groups excluding carboxylic acids is 1. The number of alkyl halides is 2. The number of fused-ring (bicyclic) bond motifs is 1. The fraction of sp³-hybridized carbons (Fsp3) is 0.421. The summed E-state index contributed by atoms with van der Waals surface area (Å²) in [6, 6.07) is 1.42. The van der Waals surface area contributed by atoms with Crippen LogP contribution in [-0.4, -0.2) is 44.0 Å². The van der Waals surface area contributed by atoms with Crippen LogP contribution in [0.4, 0.5) is 8.78 Å². The number of rotatable bonds is 3. The van der Waals surface area contributed by atoms with Crippen LogP contribution >= 0.6 is 0 Å². The number of piperidine rings is 1. The summed E-state index contributed by atoms with van der Waals surface area (Å²) < 4.78 is 32.3. The van der Waals surface area contributed by atoms with Crippen molar-refractivity contribution in [2.75, 3.05) is 13.1 Å². The average molecular weight is 387 g/mol. The second-order valence-electron chi connectivity index (χ2n) is 7.02. The molecule has 1 atom stereocenters. The maximum atomic E-state index is 13.6. The van der Waals surface area contributed by atoms with E-state index >= 15 is 0 Å². The number of amides is 1. The zero-order valence-corrected chi connectivity index (χ0v) is 15.5. The molecule has 3 aromatic heterocycles. The van der Waals surface area contributed by atoms with Crippen LogP contribution in [0.1, 0.15) is 58.3 Å². The maximum Gasteiger partial charge on any atom is 0.274 e. The van der Waals surface area contributed by atoms with E-state index in [9.17, 15) is 13.6 Å². The minimum atomic E-state index is -2.66. The number of carbonyl (C=O) groups is 1. The van der Waals surface area contributed by atoms with Gasteiger partial charge in [-0.25, -0.2) is 18.7 Å². The molecule has 1 aliphatic rings. The van der Waals surface area contributed by atoms with E-state index in [1.807, 2.05) is 0 Å². The van der Waals surface area contributed by atoms with Crippen LogP contribution in [0.3, 0.4) is 0 Å². The minimum Gasteiger partial charge on any atom is -0.337 e. The molecule has 4 heterocycles. The topological polar surface area (TPSA) is 85.0 Å². The number of nitrogens with zero attached hydrogens (tertiary/aromatic N) is 5. The van der Waals surface area contributed by atoms with Gasteiger partial charge in [0, 0.05) is 36.5 Å². The molecule has 0 N–H and O–H groups in total. The van der Waals surface area contributed by atoms with Gasteiger partial charge in [0.1, 0.15) is 5.69 Å². The van der Waals surface area contributed by atoms with Gasteiger partial charge >= 0.3 is 0 Å². The van der Waals surface area contributed by atoms with Gasteiger partial charge < -0.3 is 9.42 Å². The Morgan fingerprint density at radius 3 is 2.82 bits per heavy atom. The first kappa shape index (κ1) is 18.4. The summed E-state index contributed by atoms with van der Waals surface area (Å²) in [5, 5.41) is 4.03. The van der Waals surface area contributed by atoms with E-state index in [1.165, 1.54) is 12.3 Å². The Morgan fingerprint density at radius 1 is 1.29 bits per heavy atom. The highest BCUT2D eigenvalue weighted by molar-refractivity contribution is 5.92. The van der Waals surface area contributed by atoms with Crippen molar-refractivity contribution in [3.63, 3.8) is 0 Å². The van der Waals surface area contributed by atoms with E-state index in [1.54, 1.807) is 24.9 Å². The van der Waals surface area contributed by atoms with Gasteiger partial charge in [0.15, 0.2) is 0 Å². The molecule has 146 valence electrons. The minimum absolute atomic E-state index is 0.109. The van der Waals surface area contributed by atoms with Crippen molar-refractivity contribution in [3.05, 3.63) is 46.8 Å². The molecule has 0 aliphatic carbocycles. The third-order valence-corrected chi connectivity index (χ3v) is 5.03. The highest BCUT2D eigenvalue weighted by Crippen LogP contribution is 2.34. The number of likely N-dealkylation sites (tertiary alicyclic amines) is 1. The Morgan fingerprint density at radius 2 is 2.11 bits per heavy atom. The molecule has 0 aromatic carbocycles. The fourth-order valence-corrected chi connectivity index (χ4v) is 3.60. The summed E-state index contributed by atoms with van der Waals surface area (Å²) in [4.78, 5) is 27.1. The summed E-state index contributed by atoms with van der Waals surface area (Å²) in [6.07, 6.45) is 1.83. The SMILES string of the molecule is Cc1cnc(C(=O)N2CCC[C@H](c3cc(C(F)F)c4c(C)noc4n3)C2)cn1. The maximum absolute atomic E-state index is 13.6. The van der Waals surface area contributed by atoms with Gasteiger partial charge in [-0.05, 0) is 32.8 Å². The second-order valence-corrected chi connectivity index (χ2v) is 7.02. The summed E-state index contributed by atoms with van der Waals surface area (Å²) >= 11 is 0. The first-order chi connectivity index (χ1) is 13.4. The molecule has 3 aromatic rings. The molecule has 1 amide bonds. The smallest absolute Gasteiger partial charge is 0.274 e. The number of hydrogen-bond donors (Lipinski definition) is 0. The van der Waals surface area contributed by atoms with Crippen LogP contribution < -0.4 is 0 Å². The molecule has 1 aliphatic heterocycles. The normalized spacial score (nSPS) is 17.5. The van der Waals surface area contributed by atoms with Crippen LogP contribution in [0, 0.1) is 13.8 Å². The molecule has 28 heavy (non-hydrogen) atoms. The van der Waals surface area contributed by atoms with Crippen molar-refractivity contribution in [3.8, 4) is 0 Å². The molecule has 0 unspecified atom stereocenters. The lowest BCUT2D eigenvalue weighted by Gasteiger charge is -2.32. The van der Waals surface area contributed by atoms with Gasteiger partial charge in [-0.15, -0.1) is 0 Å². The van der Waals surface area contributed by atoms with E-state index in [0.29, 0.717) is 24.5 Å². The third kappa shape index (κ3) is 3.32. The van der Waals surface area contributed by atoms with Gasteiger partial charge in [0.2, 0.25) is 0 Å². The quantitative estimate of drug-likeness (QED) is 0.683. The monoisotopic (exact) mass is 387 g/mol. The van der Waals surface area contributed by atoms with Crippen molar-refractivity contribution in [1.29, 1.82) is 0 Å². The molecule has 4 rings (SSSR count). The van der Waals surface area contributed by atoms with Gasteiger partial charge in [-0.1, -0.05) is 5.16 Å². The predicted octanol–water partition coefficient (Wildman–Crippen LogP) is 3.59. The Hall–Kier alpha value is -2.97. The van der Waals surface area contributed by atoms with E-state index in [-0.39, 0.29) is 34.2 Å². The number of aromatic nitrogens is 4. The highest BCUT2D eigenvalue weighted by atomic mass is 19.3. The largest absolute Gasteiger partial charge is 0.337 e. The zero-order valence-electron chi connectivity index (χ0n) is 15.5. The van der Waals surface area contributed by atoms with E-state index in [4.69, 9.17) is 4.52 Å². The van der Waals surface area contributed by atoms with E-state index < -0.39 is 6.43 Å². The fourth-order valence-electron chi connectivity index (χ4n) is 3.60. The van der Waals surface area contributed by atoms with Crippen LogP contribution in [0.25, 0.3) is 11.1 Å². The van der Waals surface area contributed by atoms with Crippen LogP contribution in [0.15, 0.2) is 23.0 Å². The molecule has 7 nitrogen and oxygen atoms in total. The molecule has 0 radical (unpaired) electrons. The second kappa shape index (κ2) is 7.21. The number of hydrogen-bond acceptors (Lipinski definition) is 6. The first-order valence-corrected chi connectivity index (χ1v) is 9.07. The van der Waals surface area contributed by atoms with Crippen molar-refractivity contribution >= 4 is 17.0 Å². The number of aryl methyl sites for hydroxylation is 2. The predicted molar refractivity (Wildman–Crippen MR) is 96.1 cm³/mol. The lowest BCUT2D eigenvalue weighted by Crippen LogP contribution is -2.39. The third-order valence-electron chi connectivity index (χ3n) is 5.03.